The summed E-state index contributed by atoms with van der Waals surface area (Å²) in [6.45, 7) is 4.15. The van der Waals surface area contributed by atoms with Crippen LogP contribution in [-0.4, -0.2) is 53.7 Å². The number of urea groups is 1. The van der Waals surface area contributed by atoms with Crippen LogP contribution in [0.5, 0.6) is 11.9 Å². The number of rotatable bonds is 5. The standard InChI is InChI=1S/C14H22N4O3/c1-3-7-16-14(19)18-9-5-11(6-10-18)21-12-4-8-15-13(17-12)20-2/h4,8,11H,3,5-7,9-10H2,1-2H3,(H,16,19). The zero-order valence-electron chi connectivity index (χ0n) is 12.5. The quantitative estimate of drug-likeness (QED) is 0.889. The molecule has 116 valence electrons. The molecule has 7 heteroatoms. The van der Waals surface area contributed by atoms with Crippen LogP contribution < -0.4 is 14.8 Å². The van der Waals surface area contributed by atoms with Crippen LogP contribution >= 0.6 is 0 Å². The van der Waals surface area contributed by atoms with Crippen molar-refractivity contribution >= 4 is 6.03 Å². The number of piperidine rings is 1. The normalized spacial score (nSPS) is 15.6. The molecule has 0 radical (unpaired) electrons. The number of methoxy groups -OCH3 is 1. The van der Waals surface area contributed by atoms with Crippen molar-refractivity contribution in [2.45, 2.75) is 32.3 Å². The summed E-state index contributed by atoms with van der Waals surface area (Å²) in [4.78, 5) is 21.7. The lowest BCUT2D eigenvalue weighted by atomic mass is 10.1. The van der Waals surface area contributed by atoms with Crippen molar-refractivity contribution in [1.29, 1.82) is 0 Å². The van der Waals surface area contributed by atoms with Crippen molar-refractivity contribution < 1.29 is 14.3 Å². The molecule has 1 saturated heterocycles. The molecule has 7 nitrogen and oxygen atoms in total. The van der Waals surface area contributed by atoms with Gasteiger partial charge in [-0.3, -0.25) is 0 Å². The number of hydrogen-bond acceptors (Lipinski definition) is 5. The Hall–Kier alpha value is -2.05. The van der Waals surface area contributed by atoms with Crippen molar-refractivity contribution in [3.05, 3.63) is 12.3 Å². The highest BCUT2D eigenvalue weighted by Crippen LogP contribution is 2.18. The average Bonchev–Trinajstić information content (AvgIpc) is 2.53. The van der Waals surface area contributed by atoms with Gasteiger partial charge >= 0.3 is 12.0 Å². The summed E-state index contributed by atoms with van der Waals surface area (Å²) in [5.74, 6) is 0.510. The Morgan fingerprint density at radius 1 is 1.48 bits per heavy atom. The molecule has 0 aliphatic carbocycles. The molecule has 2 heterocycles. The monoisotopic (exact) mass is 294 g/mol. The van der Waals surface area contributed by atoms with E-state index >= 15 is 0 Å². The summed E-state index contributed by atoms with van der Waals surface area (Å²) in [5, 5.41) is 2.89. The third-order valence-electron chi connectivity index (χ3n) is 3.33. The first-order chi connectivity index (χ1) is 10.2. The van der Waals surface area contributed by atoms with Crippen LogP contribution in [0, 0.1) is 0 Å². The van der Waals surface area contributed by atoms with E-state index in [-0.39, 0.29) is 12.1 Å². The Morgan fingerprint density at radius 2 is 2.24 bits per heavy atom. The van der Waals surface area contributed by atoms with E-state index in [9.17, 15) is 4.79 Å². The maximum atomic E-state index is 11.8. The molecule has 2 rings (SSSR count). The first-order valence-corrected chi connectivity index (χ1v) is 7.29. The van der Waals surface area contributed by atoms with Gasteiger partial charge < -0.3 is 19.7 Å². The van der Waals surface area contributed by atoms with E-state index in [4.69, 9.17) is 9.47 Å². The molecule has 2 amide bonds. The molecule has 1 fully saturated rings. The highest BCUT2D eigenvalue weighted by Gasteiger charge is 2.24. The first-order valence-electron chi connectivity index (χ1n) is 7.29. The molecule has 0 aromatic carbocycles. The van der Waals surface area contributed by atoms with E-state index in [1.807, 2.05) is 11.8 Å². The van der Waals surface area contributed by atoms with E-state index in [2.05, 4.69) is 15.3 Å². The molecule has 0 atom stereocenters. The third kappa shape index (κ3) is 4.47. The molecule has 0 unspecified atom stereocenters. The van der Waals surface area contributed by atoms with Crippen molar-refractivity contribution in [1.82, 2.24) is 20.2 Å². The van der Waals surface area contributed by atoms with Crippen LogP contribution in [0.15, 0.2) is 12.3 Å². The second kappa shape index (κ2) is 7.66. The summed E-state index contributed by atoms with van der Waals surface area (Å²) < 4.78 is 10.8. The van der Waals surface area contributed by atoms with Crippen LogP contribution in [0.1, 0.15) is 26.2 Å². The molecule has 0 bridgehead atoms. The second-order valence-electron chi connectivity index (χ2n) is 4.92. The van der Waals surface area contributed by atoms with Crippen molar-refractivity contribution in [3.63, 3.8) is 0 Å². The molecule has 1 aliphatic heterocycles. The Bertz CT molecular complexity index is 461. The van der Waals surface area contributed by atoms with Crippen molar-refractivity contribution in [2.24, 2.45) is 0 Å². The minimum atomic E-state index is 0.0130. The smallest absolute Gasteiger partial charge is 0.319 e. The van der Waals surface area contributed by atoms with Crippen molar-refractivity contribution in [3.8, 4) is 11.9 Å². The molecular formula is C14H22N4O3. The van der Waals surface area contributed by atoms with Gasteiger partial charge in [-0.25, -0.2) is 9.78 Å². The number of carbonyl (C=O) groups is 1. The van der Waals surface area contributed by atoms with Crippen molar-refractivity contribution in [2.75, 3.05) is 26.7 Å². The second-order valence-corrected chi connectivity index (χ2v) is 4.92. The minimum Gasteiger partial charge on any atom is -0.474 e. The molecule has 1 aliphatic rings. The van der Waals surface area contributed by atoms with E-state index in [0.717, 1.165) is 25.8 Å². The Labute approximate surface area is 124 Å². The lowest BCUT2D eigenvalue weighted by Crippen LogP contribution is -2.46. The van der Waals surface area contributed by atoms with Crippen LogP contribution in [0.4, 0.5) is 4.79 Å². The lowest BCUT2D eigenvalue weighted by molar-refractivity contribution is 0.106. The molecule has 0 spiro atoms. The van der Waals surface area contributed by atoms with Gasteiger partial charge in [-0.2, -0.15) is 4.98 Å². The number of hydrogen-bond donors (Lipinski definition) is 1. The SMILES string of the molecule is CCCNC(=O)N1CCC(Oc2ccnc(OC)n2)CC1. The average molecular weight is 294 g/mol. The number of amides is 2. The molecule has 21 heavy (non-hydrogen) atoms. The van der Waals surface area contributed by atoms with Gasteiger partial charge in [0.25, 0.3) is 0 Å². The molecular weight excluding hydrogens is 272 g/mol. The maximum Gasteiger partial charge on any atom is 0.319 e. The fraction of sp³-hybridized carbons (Fsp3) is 0.643. The number of carbonyl (C=O) groups excluding carboxylic acids is 1. The topological polar surface area (TPSA) is 76.6 Å². The minimum absolute atomic E-state index is 0.0130. The number of ether oxygens (including phenoxy) is 2. The predicted molar refractivity (Wildman–Crippen MR) is 77.5 cm³/mol. The Balaban J connectivity index is 1.79. The first kappa shape index (κ1) is 15.3. The van der Waals surface area contributed by atoms with Crippen LogP contribution in [0.3, 0.4) is 0 Å². The molecule has 1 N–H and O–H groups in total. The Morgan fingerprint density at radius 3 is 2.90 bits per heavy atom. The number of nitrogens with zero attached hydrogens (tertiary/aromatic N) is 3. The molecule has 1 aromatic rings. The van der Waals surface area contributed by atoms with Crippen LogP contribution in [0.25, 0.3) is 0 Å². The predicted octanol–water partition coefficient (Wildman–Crippen LogP) is 1.45. The van der Waals surface area contributed by atoms with Gasteiger partial charge in [-0.05, 0) is 6.42 Å². The van der Waals surface area contributed by atoms with Gasteiger partial charge in [0.15, 0.2) is 0 Å². The lowest BCUT2D eigenvalue weighted by Gasteiger charge is -2.31. The fourth-order valence-corrected chi connectivity index (χ4v) is 2.18. The summed E-state index contributed by atoms with van der Waals surface area (Å²) in [5.41, 5.74) is 0. The van der Waals surface area contributed by atoms with E-state index in [1.54, 1.807) is 12.3 Å². The highest BCUT2D eigenvalue weighted by molar-refractivity contribution is 5.74. The van der Waals surface area contributed by atoms with Crippen LogP contribution in [0.2, 0.25) is 0 Å². The number of aromatic nitrogens is 2. The zero-order chi connectivity index (χ0) is 15.1. The van der Waals surface area contributed by atoms with Crippen LogP contribution in [-0.2, 0) is 0 Å². The van der Waals surface area contributed by atoms with Gasteiger partial charge in [0, 0.05) is 44.7 Å². The summed E-state index contributed by atoms with van der Waals surface area (Å²) in [7, 11) is 1.52. The number of likely N-dealkylation sites (tertiary alicyclic amines) is 1. The van der Waals surface area contributed by atoms with Gasteiger partial charge in [-0.1, -0.05) is 6.92 Å². The molecule has 1 aromatic heterocycles. The van der Waals surface area contributed by atoms with Gasteiger partial charge in [0.1, 0.15) is 6.10 Å². The largest absolute Gasteiger partial charge is 0.474 e. The van der Waals surface area contributed by atoms with E-state index in [0.29, 0.717) is 25.0 Å². The van der Waals surface area contributed by atoms with E-state index in [1.165, 1.54) is 7.11 Å². The van der Waals surface area contributed by atoms with Gasteiger partial charge in [0.05, 0.1) is 7.11 Å². The van der Waals surface area contributed by atoms with Gasteiger partial charge in [0.2, 0.25) is 5.88 Å². The Kier molecular flexibility index (Phi) is 5.59. The third-order valence-corrected chi connectivity index (χ3v) is 3.33. The summed E-state index contributed by atoms with van der Waals surface area (Å²) in [6, 6.07) is 2.02. The maximum absolute atomic E-state index is 11.8. The zero-order valence-corrected chi connectivity index (χ0v) is 12.5. The summed E-state index contributed by atoms with van der Waals surface area (Å²) >= 11 is 0. The fourth-order valence-electron chi connectivity index (χ4n) is 2.18. The number of nitrogens with one attached hydrogen (secondary N) is 1. The summed E-state index contributed by atoms with van der Waals surface area (Å²) in [6.07, 6.45) is 4.22. The molecule has 0 saturated carbocycles. The van der Waals surface area contributed by atoms with Gasteiger partial charge in [-0.15, -0.1) is 0 Å². The highest BCUT2D eigenvalue weighted by atomic mass is 16.5. The van der Waals surface area contributed by atoms with E-state index < -0.39 is 0 Å².